The Labute approximate surface area is 127 Å². The summed E-state index contributed by atoms with van der Waals surface area (Å²) in [7, 11) is 0. The number of hydrogen-bond acceptors (Lipinski definition) is 4. The molecule has 1 aromatic heterocycles. The molecular weight excluding hydrogens is 286 g/mol. The molecule has 0 bridgehead atoms. The van der Waals surface area contributed by atoms with Gasteiger partial charge in [0.25, 0.3) is 0 Å². The molecule has 0 aromatic carbocycles. The number of nitrogens with zero attached hydrogens (tertiary/aromatic N) is 2. The highest BCUT2D eigenvalue weighted by atomic mass is 32.1. The minimum atomic E-state index is -0.213. The van der Waals surface area contributed by atoms with E-state index in [-0.39, 0.29) is 17.7 Å². The van der Waals surface area contributed by atoms with Crippen LogP contribution < -0.4 is 5.32 Å². The molecule has 1 aliphatic heterocycles. The molecule has 2 fully saturated rings. The van der Waals surface area contributed by atoms with Crippen molar-refractivity contribution in [1.29, 1.82) is 0 Å². The molecule has 2 heterocycles. The highest BCUT2D eigenvalue weighted by Gasteiger charge is 2.37. The molecule has 4 rings (SSSR count). The molecule has 0 spiro atoms. The monoisotopic (exact) mass is 305 g/mol. The molecule has 1 saturated carbocycles. The third kappa shape index (κ3) is 2.69. The van der Waals surface area contributed by atoms with Gasteiger partial charge in [-0.05, 0) is 38.0 Å². The first-order valence-electron chi connectivity index (χ1n) is 7.76. The van der Waals surface area contributed by atoms with Gasteiger partial charge in [0.2, 0.25) is 11.8 Å². The van der Waals surface area contributed by atoms with Crippen LogP contribution in [-0.2, 0) is 22.4 Å². The van der Waals surface area contributed by atoms with Gasteiger partial charge in [-0.3, -0.25) is 9.59 Å². The predicted octanol–water partition coefficient (Wildman–Crippen LogP) is 1.83. The Kier molecular flexibility index (Phi) is 3.21. The van der Waals surface area contributed by atoms with Crippen LogP contribution in [0.2, 0.25) is 0 Å². The molecule has 2 aliphatic carbocycles. The summed E-state index contributed by atoms with van der Waals surface area (Å²) in [4.78, 5) is 31.9. The number of aromatic nitrogens is 1. The zero-order valence-corrected chi connectivity index (χ0v) is 12.7. The third-order valence-corrected chi connectivity index (χ3v) is 5.66. The van der Waals surface area contributed by atoms with Crippen molar-refractivity contribution < 1.29 is 9.59 Å². The standard InChI is InChI=1S/C15H19N3O2S/c19-13-6-10(8-18(13)7-9-4-5-9)14(20)17-15-16-11-2-1-3-12(11)21-15/h9-10H,1-8H2,(H,16,17,20)/t10-/m0/s1. The fraction of sp³-hybridized carbons (Fsp3) is 0.667. The van der Waals surface area contributed by atoms with Crippen LogP contribution in [0.4, 0.5) is 5.13 Å². The first-order chi connectivity index (χ1) is 10.2. The van der Waals surface area contributed by atoms with Gasteiger partial charge in [-0.15, -0.1) is 11.3 Å². The molecule has 6 heteroatoms. The fourth-order valence-corrected chi connectivity index (χ4v) is 4.24. The fourth-order valence-electron chi connectivity index (χ4n) is 3.19. The molecular formula is C15H19N3O2S. The molecule has 1 saturated heterocycles. The summed E-state index contributed by atoms with van der Waals surface area (Å²) < 4.78 is 0. The van der Waals surface area contributed by atoms with E-state index in [1.807, 2.05) is 4.90 Å². The number of likely N-dealkylation sites (tertiary alicyclic amines) is 1. The average molecular weight is 305 g/mol. The Morgan fingerprint density at radius 1 is 1.38 bits per heavy atom. The molecule has 3 aliphatic rings. The van der Waals surface area contributed by atoms with E-state index in [0.717, 1.165) is 25.1 Å². The van der Waals surface area contributed by atoms with E-state index in [4.69, 9.17) is 0 Å². The molecule has 1 atom stereocenters. The Morgan fingerprint density at radius 3 is 3.00 bits per heavy atom. The summed E-state index contributed by atoms with van der Waals surface area (Å²) in [6.45, 7) is 1.42. The lowest BCUT2D eigenvalue weighted by Gasteiger charge is -2.15. The van der Waals surface area contributed by atoms with Gasteiger partial charge in [-0.2, -0.15) is 0 Å². The molecule has 112 valence electrons. The van der Waals surface area contributed by atoms with Crippen LogP contribution >= 0.6 is 11.3 Å². The SMILES string of the molecule is O=C(Nc1nc2c(s1)CCC2)[C@H]1CC(=O)N(CC2CC2)C1. The predicted molar refractivity (Wildman–Crippen MR) is 80.2 cm³/mol. The summed E-state index contributed by atoms with van der Waals surface area (Å²) in [6.07, 6.45) is 6.09. The lowest BCUT2D eigenvalue weighted by molar-refractivity contribution is -0.128. The van der Waals surface area contributed by atoms with Crippen LogP contribution in [0.3, 0.4) is 0 Å². The summed E-state index contributed by atoms with van der Waals surface area (Å²) >= 11 is 1.59. The van der Waals surface area contributed by atoms with Gasteiger partial charge >= 0.3 is 0 Å². The molecule has 1 aromatic rings. The minimum Gasteiger partial charge on any atom is -0.342 e. The van der Waals surface area contributed by atoms with Crippen LogP contribution in [-0.4, -0.2) is 34.8 Å². The van der Waals surface area contributed by atoms with Crippen molar-refractivity contribution in [3.05, 3.63) is 10.6 Å². The van der Waals surface area contributed by atoms with Gasteiger partial charge in [0.15, 0.2) is 5.13 Å². The van der Waals surface area contributed by atoms with E-state index in [1.54, 1.807) is 11.3 Å². The van der Waals surface area contributed by atoms with Crippen LogP contribution in [0.25, 0.3) is 0 Å². The van der Waals surface area contributed by atoms with Gasteiger partial charge < -0.3 is 10.2 Å². The van der Waals surface area contributed by atoms with Crippen molar-refractivity contribution in [2.45, 2.75) is 38.5 Å². The number of fused-ring (bicyclic) bond motifs is 1. The van der Waals surface area contributed by atoms with Gasteiger partial charge in [-0.1, -0.05) is 0 Å². The molecule has 1 N–H and O–H groups in total. The quantitative estimate of drug-likeness (QED) is 0.923. The molecule has 2 amide bonds. The van der Waals surface area contributed by atoms with Crippen LogP contribution in [0.5, 0.6) is 0 Å². The van der Waals surface area contributed by atoms with Crippen molar-refractivity contribution in [3.8, 4) is 0 Å². The molecule has 21 heavy (non-hydrogen) atoms. The number of nitrogens with one attached hydrogen (secondary N) is 1. The van der Waals surface area contributed by atoms with E-state index < -0.39 is 0 Å². The number of anilines is 1. The van der Waals surface area contributed by atoms with Crippen LogP contribution in [0, 0.1) is 11.8 Å². The maximum atomic E-state index is 12.3. The molecule has 0 radical (unpaired) electrons. The van der Waals surface area contributed by atoms with Crippen molar-refractivity contribution in [2.75, 3.05) is 18.4 Å². The van der Waals surface area contributed by atoms with Crippen LogP contribution in [0.15, 0.2) is 0 Å². The topological polar surface area (TPSA) is 62.3 Å². The van der Waals surface area contributed by atoms with Crippen molar-refractivity contribution in [2.24, 2.45) is 11.8 Å². The van der Waals surface area contributed by atoms with E-state index >= 15 is 0 Å². The van der Waals surface area contributed by atoms with Gasteiger partial charge in [0, 0.05) is 24.4 Å². The maximum absolute atomic E-state index is 12.3. The lowest BCUT2D eigenvalue weighted by Crippen LogP contribution is -2.29. The Hall–Kier alpha value is -1.43. The zero-order valence-electron chi connectivity index (χ0n) is 11.9. The molecule has 0 unspecified atom stereocenters. The number of hydrogen-bond donors (Lipinski definition) is 1. The number of aryl methyl sites for hydroxylation is 2. The molecule has 5 nitrogen and oxygen atoms in total. The van der Waals surface area contributed by atoms with Gasteiger partial charge in [-0.25, -0.2) is 4.98 Å². The van der Waals surface area contributed by atoms with E-state index in [1.165, 1.54) is 24.1 Å². The summed E-state index contributed by atoms with van der Waals surface area (Å²) in [5, 5.41) is 3.62. The van der Waals surface area contributed by atoms with Crippen molar-refractivity contribution in [1.82, 2.24) is 9.88 Å². The smallest absolute Gasteiger partial charge is 0.231 e. The van der Waals surface area contributed by atoms with Crippen LogP contribution in [0.1, 0.15) is 36.3 Å². The lowest BCUT2D eigenvalue weighted by atomic mass is 10.1. The first-order valence-corrected chi connectivity index (χ1v) is 8.58. The minimum absolute atomic E-state index is 0.0472. The number of amides is 2. The average Bonchev–Trinajstić information content (AvgIpc) is 2.83. The number of carbonyl (C=O) groups is 2. The Morgan fingerprint density at radius 2 is 2.24 bits per heavy atom. The third-order valence-electron chi connectivity index (χ3n) is 4.59. The second-order valence-electron chi connectivity index (χ2n) is 6.37. The normalized spacial score (nSPS) is 24.5. The van der Waals surface area contributed by atoms with Gasteiger partial charge in [0.1, 0.15) is 0 Å². The zero-order chi connectivity index (χ0) is 14.4. The summed E-state index contributed by atoms with van der Waals surface area (Å²) in [6, 6.07) is 0. The van der Waals surface area contributed by atoms with E-state index in [0.29, 0.717) is 24.0 Å². The Balaban J connectivity index is 1.37. The second-order valence-corrected chi connectivity index (χ2v) is 7.46. The number of thiazole rings is 1. The van der Waals surface area contributed by atoms with Crippen molar-refractivity contribution in [3.63, 3.8) is 0 Å². The largest absolute Gasteiger partial charge is 0.342 e. The maximum Gasteiger partial charge on any atom is 0.231 e. The second kappa shape index (κ2) is 5.09. The highest BCUT2D eigenvalue weighted by Crippen LogP contribution is 2.33. The van der Waals surface area contributed by atoms with Gasteiger partial charge in [0.05, 0.1) is 11.6 Å². The highest BCUT2D eigenvalue weighted by molar-refractivity contribution is 7.15. The van der Waals surface area contributed by atoms with Crippen molar-refractivity contribution >= 4 is 28.3 Å². The summed E-state index contributed by atoms with van der Waals surface area (Å²) in [5.74, 6) is 0.547. The number of rotatable bonds is 4. The number of carbonyl (C=O) groups excluding carboxylic acids is 2. The Bertz CT molecular complexity index is 572. The van der Waals surface area contributed by atoms with E-state index in [2.05, 4.69) is 10.3 Å². The van der Waals surface area contributed by atoms with E-state index in [9.17, 15) is 9.59 Å². The summed E-state index contributed by atoms with van der Waals surface area (Å²) in [5.41, 5.74) is 1.15. The first kappa shape index (κ1) is 13.2.